The van der Waals surface area contributed by atoms with Gasteiger partial charge in [0.15, 0.2) is 0 Å². The molecule has 0 aliphatic carbocycles. The Balaban J connectivity index is 2.02. The Kier molecular flexibility index (Phi) is 8.13. The summed E-state index contributed by atoms with van der Waals surface area (Å²) in [5.41, 5.74) is 1.80. The van der Waals surface area contributed by atoms with Crippen LogP contribution in [0.3, 0.4) is 0 Å². The zero-order valence-electron chi connectivity index (χ0n) is 15.7. The Morgan fingerprint density at radius 2 is 1.73 bits per heavy atom. The fourth-order valence-corrected chi connectivity index (χ4v) is 2.93. The topological polar surface area (TPSA) is 29.5 Å². The number of carbonyl (C=O) groups excluding carboxylic acids is 1. The molecule has 0 aliphatic rings. The number of benzene rings is 2. The van der Waals surface area contributed by atoms with Crippen LogP contribution in [-0.2, 0) is 17.6 Å². The second-order valence-corrected chi connectivity index (χ2v) is 6.39. The van der Waals surface area contributed by atoms with Crippen molar-refractivity contribution in [2.75, 3.05) is 19.7 Å². The normalized spacial score (nSPS) is 10.6. The van der Waals surface area contributed by atoms with Gasteiger partial charge in [-0.25, -0.2) is 4.39 Å². The minimum Gasteiger partial charge on any atom is -0.493 e. The van der Waals surface area contributed by atoms with E-state index >= 15 is 0 Å². The van der Waals surface area contributed by atoms with Gasteiger partial charge in [-0.3, -0.25) is 4.79 Å². The summed E-state index contributed by atoms with van der Waals surface area (Å²) in [5.74, 6) is 0.261. The second-order valence-electron chi connectivity index (χ2n) is 6.39. The molecule has 26 heavy (non-hydrogen) atoms. The van der Waals surface area contributed by atoms with Crippen LogP contribution in [0.4, 0.5) is 4.39 Å². The van der Waals surface area contributed by atoms with Crippen LogP contribution < -0.4 is 4.74 Å². The summed E-state index contributed by atoms with van der Waals surface area (Å²) in [6.07, 6.45) is 2.76. The van der Waals surface area contributed by atoms with Crippen LogP contribution in [-0.4, -0.2) is 30.5 Å². The van der Waals surface area contributed by atoms with E-state index in [4.69, 9.17) is 4.74 Å². The zero-order chi connectivity index (χ0) is 18.8. The number of ether oxygens (including phenoxy) is 1. The molecule has 1 amide bonds. The van der Waals surface area contributed by atoms with Crippen molar-refractivity contribution < 1.29 is 13.9 Å². The van der Waals surface area contributed by atoms with E-state index in [2.05, 4.69) is 13.8 Å². The van der Waals surface area contributed by atoms with Crippen molar-refractivity contribution in [1.29, 1.82) is 0 Å². The number of halogens is 1. The monoisotopic (exact) mass is 357 g/mol. The Morgan fingerprint density at radius 1 is 1.04 bits per heavy atom. The third-order valence-corrected chi connectivity index (χ3v) is 4.20. The van der Waals surface area contributed by atoms with Crippen LogP contribution in [0.25, 0.3) is 0 Å². The molecular weight excluding hydrogens is 329 g/mol. The van der Waals surface area contributed by atoms with Gasteiger partial charge in [-0.1, -0.05) is 44.2 Å². The van der Waals surface area contributed by atoms with E-state index in [9.17, 15) is 9.18 Å². The fraction of sp³-hybridized carbons (Fsp3) is 0.409. The molecule has 0 fully saturated rings. The van der Waals surface area contributed by atoms with E-state index < -0.39 is 0 Å². The largest absolute Gasteiger partial charge is 0.493 e. The summed E-state index contributed by atoms with van der Waals surface area (Å²) in [6, 6.07) is 14.5. The summed E-state index contributed by atoms with van der Waals surface area (Å²) in [6.45, 7) is 6.05. The van der Waals surface area contributed by atoms with E-state index in [1.165, 1.54) is 17.7 Å². The average Bonchev–Trinajstić information content (AvgIpc) is 2.64. The molecule has 0 atom stereocenters. The highest BCUT2D eigenvalue weighted by atomic mass is 19.1. The van der Waals surface area contributed by atoms with E-state index in [0.29, 0.717) is 17.9 Å². The highest BCUT2D eigenvalue weighted by Crippen LogP contribution is 2.21. The quantitative estimate of drug-likeness (QED) is 0.620. The van der Waals surface area contributed by atoms with Gasteiger partial charge in [0.2, 0.25) is 5.91 Å². The highest BCUT2D eigenvalue weighted by molar-refractivity contribution is 5.79. The maximum atomic E-state index is 13.7. The Morgan fingerprint density at radius 3 is 2.38 bits per heavy atom. The van der Waals surface area contributed by atoms with Crippen molar-refractivity contribution in [3.8, 4) is 5.75 Å². The molecule has 0 radical (unpaired) electrons. The number of hydrogen-bond acceptors (Lipinski definition) is 2. The zero-order valence-corrected chi connectivity index (χ0v) is 15.7. The third kappa shape index (κ3) is 6.17. The minimum atomic E-state index is -0.347. The molecule has 2 aromatic carbocycles. The van der Waals surface area contributed by atoms with Gasteiger partial charge >= 0.3 is 0 Å². The molecule has 2 aromatic rings. The Bertz CT molecular complexity index is 682. The summed E-state index contributed by atoms with van der Waals surface area (Å²) in [5, 5.41) is 0. The lowest BCUT2D eigenvalue weighted by Crippen LogP contribution is -2.33. The minimum absolute atomic E-state index is 0.0206. The van der Waals surface area contributed by atoms with Crippen molar-refractivity contribution in [2.45, 2.75) is 39.5 Å². The molecule has 0 saturated carbocycles. The molecule has 2 rings (SSSR count). The van der Waals surface area contributed by atoms with Crippen LogP contribution in [0.5, 0.6) is 5.75 Å². The average molecular weight is 357 g/mol. The number of amides is 1. The molecule has 4 heteroatoms. The van der Waals surface area contributed by atoms with Crippen molar-refractivity contribution in [2.24, 2.45) is 0 Å². The maximum absolute atomic E-state index is 13.7. The molecule has 0 aromatic heterocycles. The van der Waals surface area contributed by atoms with Crippen molar-refractivity contribution >= 4 is 5.91 Å². The second kappa shape index (κ2) is 10.6. The molecule has 0 saturated heterocycles. The van der Waals surface area contributed by atoms with Crippen LogP contribution in [0.15, 0.2) is 48.5 Å². The van der Waals surface area contributed by atoms with Gasteiger partial charge in [0, 0.05) is 25.1 Å². The molecule has 3 nitrogen and oxygen atoms in total. The molecule has 0 N–H and O–H groups in total. The first kappa shape index (κ1) is 20.0. The van der Waals surface area contributed by atoms with Gasteiger partial charge < -0.3 is 9.64 Å². The first-order valence-corrected chi connectivity index (χ1v) is 9.37. The van der Waals surface area contributed by atoms with Gasteiger partial charge in [-0.05, 0) is 36.6 Å². The predicted molar refractivity (Wildman–Crippen MR) is 103 cm³/mol. The van der Waals surface area contributed by atoms with Crippen LogP contribution in [0.1, 0.15) is 37.8 Å². The van der Waals surface area contributed by atoms with Gasteiger partial charge in [-0.2, -0.15) is 0 Å². The Hall–Kier alpha value is -2.36. The number of carbonyl (C=O) groups is 1. The SMILES string of the molecule is CCCN(CCC)C(=O)Cc1cc(F)ccc1OCCc1ccccc1. The Labute approximate surface area is 155 Å². The summed E-state index contributed by atoms with van der Waals surface area (Å²) in [4.78, 5) is 14.4. The molecule has 0 heterocycles. The molecule has 0 aliphatic heterocycles. The van der Waals surface area contributed by atoms with E-state index in [0.717, 1.165) is 32.4 Å². The van der Waals surface area contributed by atoms with Crippen molar-refractivity contribution in [3.05, 3.63) is 65.5 Å². The maximum Gasteiger partial charge on any atom is 0.227 e. The first-order chi connectivity index (χ1) is 12.6. The van der Waals surface area contributed by atoms with Crippen LogP contribution in [0, 0.1) is 5.82 Å². The van der Waals surface area contributed by atoms with E-state index in [1.807, 2.05) is 35.2 Å². The van der Waals surface area contributed by atoms with E-state index in [1.54, 1.807) is 6.07 Å². The summed E-state index contributed by atoms with van der Waals surface area (Å²) >= 11 is 0. The highest BCUT2D eigenvalue weighted by Gasteiger charge is 2.16. The summed E-state index contributed by atoms with van der Waals surface area (Å²) in [7, 11) is 0. The first-order valence-electron chi connectivity index (χ1n) is 9.37. The van der Waals surface area contributed by atoms with Crippen molar-refractivity contribution in [1.82, 2.24) is 4.90 Å². The lowest BCUT2D eigenvalue weighted by atomic mass is 10.1. The summed E-state index contributed by atoms with van der Waals surface area (Å²) < 4.78 is 19.6. The smallest absolute Gasteiger partial charge is 0.227 e. The number of nitrogens with zero attached hydrogens (tertiary/aromatic N) is 1. The van der Waals surface area contributed by atoms with Crippen LogP contribution in [0.2, 0.25) is 0 Å². The molecule has 0 unspecified atom stereocenters. The lowest BCUT2D eigenvalue weighted by molar-refractivity contribution is -0.130. The predicted octanol–water partition coefficient (Wildman–Crippen LogP) is 4.64. The van der Waals surface area contributed by atoms with Gasteiger partial charge in [0.25, 0.3) is 0 Å². The third-order valence-electron chi connectivity index (χ3n) is 4.20. The molecule has 140 valence electrons. The van der Waals surface area contributed by atoms with Gasteiger partial charge in [0.05, 0.1) is 13.0 Å². The number of hydrogen-bond donors (Lipinski definition) is 0. The fourth-order valence-electron chi connectivity index (χ4n) is 2.93. The standard InChI is InChI=1S/C22H28FNO2/c1-3-13-24(14-4-2)22(25)17-19-16-20(23)10-11-21(19)26-15-12-18-8-6-5-7-9-18/h5-11,16H,3-4,12-15,17H2,1-2H3. The van der Waals surface area contributed by atoms with Gasteiger partial charge in [-0.15, -0.1) is 0 Å². The van der Waals surface area contributed by atoms with Crippen LogP contribution >= 0.6 is 0 Å². The van der Waals surface area contributed by atoms with Crippen molar-refractivity contribution in [3.63, 3.8) is 0 Å². The van der Waals surface area contributed by atoms with E-state index in [-0.39, 0.29) is 18.1 Å². The molecular formula is C22H28FNO2. The number of rotatable bonds is 10. The molecule has 0 bridgehead atoms. The van der Waals surface area contributed by atoms with Gasteiger partial charge in [0.1, 0.15) is 11.6 Å². The lowest BCUT2D eigenvalue weighted by Gasteiger charge is -2.22. The molecule has 0 spiro atoms.